The van der Waals surface area contributed by atoms with Crippen LogP contribution in [-0.2, 0) is 14.3 Å². The van der Waals surface area contributed by atoms with Crippen LogP contribution in [0.4, 0.5) is 8.78 Å². The van der Waals surface area contributed by atoms with Gasteiger partial charge < -0.3 is 19.5 Å². The fourth-order valence-electron chi connectivity index (χ4n) is 2.51. The lowest BCUT2D eigenvalue weighted by atomic mass is 10.1. The Morgan fingerprint density at radius 3 is 2.52 bits per heavy atom. The molecule has 0 radical (unpaired) electrons. The first-order chi connectivity index (χ1) is 13.8. The van der Waals surface area contributed by atoms with Crippen LogP contribution in [0, 0.1) is 11.6 Å². The van der Waals surface area contributed by atoms with Crippen molar-refractivity contribution < 1.29 is 32.6 Å². The molecule has 2 aromatic carbocycles. The van der Waals surface area contributed by atoms with Gasteiger partial charge in [0.15, 0.2) is 6.61 Å². The summed E-state index contributed by atoms with van der Waals surface area (Å²) in [5.41, 5.74) is 0.743. The zero-order chi connectivity index (χ0) is 21.4. The van der Waals surface area contributed by atoms with E-state index >= 15 is 0 Å². The maximum absolute atomic E-state index is 13.7. The van der Waals surface area contributed by atoms with Crippen LogP contribution in [0.25, 0.3) is 6.08 Å². The van der Waals surface area contributed by atoms with Crippen molar-refractivity contribution in [3.63, 3.8) is 0 Å². The van der Waals surface area contributed by atoms with Gasteiger partial charge >= 0.3 is 5.97 Å². The maximum atomic E-state index is 13.7. The van der Waals surface area contributed by atoms with Gasteiger partial charge in [0.1, 0.15) is 23.1 Å². The summed E-state index contributed by atoms with van der Waals surface area (Å²) >= 11 is 0. The number of carbonyl (C=O) groups excluding carboxylic acids is 2. The van der Waals surface area contributed by atoms with Gasteiger partial charge in [-0.15, -0.1) is 0 Å². The number of halogens is 2. The van der Waals surface area contributed by atoms with Crippen molar-refractivity contribution in [1.82, 2.24) is 5.32 Å². The smallest absolute Gasteiger partial charge is 0.331 e. The van der Waals surface area contributed by atoms with Gasteiger partial charge in [0.2, 0.25) is 0 Å². The molecule has 0 saturated carbocycles. The van der Waals surface area contributed by atoms with Gasteiger partial charge in [-0.1, -0.05) is 6.07 Å². The molecule has 2 aromatic rings. The van der Waals surface area contributed by atoms with Crippen LogP contribution < -0.4 is 14.8 Å². The molecule has 0 saturated heterocycles. The Balaban J connectivity index is 1.88. The van der Waals surface area contributed by atoms with E-state index in [1.165, 1.54) is 33.3 Å². The molecule has 0 aliphatic heterocycles. The predicted molar refractivity (Wildman–Crippen MR) is 102 cm³/mol. The summed E-state index contributed by atoms with van der Waals surface area (Å²) in [7, 11) is 3.01. The normalized spacial score (nSPS) is 11.8. The van der Waals surface area contributed by atoms with E-state index in [-0.39, 0.29) is 5.56 Å². The number of amides is 1. The molecule has 0 aliphatic rings. The van der Waals surface area contributed by atoms with E-state index in [0.717, 1.165) is 18.2 Å². The zero-order valence-electron chi connectivity index (χ0n) is 16.2. The molecule has 0 aliphatic carbocycles. The van der Waals surface area contributed by atoms with Gasteiger partial charge in [-0.05, 0) is 31.2 Å². The summed E-state index contributed by atoms with van der Waals surface area (Å²) in [6.45, 7) is 0.988. The number of ether oxygens (including phenoxy) is 3. The van der Waals surface area contributed by atoms with Gasteiger partial charge in [-0.2, -0.15) is 0 Å². The van der Waals surface area contributed by atoms with E-state index in [0.29, 0.717) is 17.1 Å². The molecule has 0 bridgehead atoms. The quantitative estimate of drug-likeness (QED) is 0.538. The van der Waals surface area contributed by atoms with E-state index in [2.05, 4.69) is 5.32 Å². The third-order valence-corrected chi connectivity index (χ3v) is 3.99. The Labute approximate surface area is 167 Å². The summed E-state index contributed by atoms with van der Waals surface area (Å²) in [6.07, 6.45) is 2.63. The van der Waals surface area contributed by atoms with Crippen molar-refractivity contribution in [3.05, 3.63) is 65.2 Å². The minimum Gasteiger partial charge on any atom is -0.497 e. The van der Waals surface area contributed by atoms with Crippen molar-refractivity contribution in [3.8, 4) is 11.5 Å². The third kappa shape index (κ3) is 6.31. The first kappa shape index (κ1) is 21.9. The number of methoxy groups -OCH3 is 2. The molecule has 154 valence electrons. The summed E-state index contributed by atoms with van der Waals surface area (Å²) in [5.74, 6) is -1.74. The van der Waals surface area contributed by atoms with Crippen molar-refractivity contribution in [2.24, 2.45) is 0 Å². The van der Waals surface area contributed by atoms with Crippen molar-refractivity contribution in [1.29, 1.82) is 0 Å². The second-order valence-electron chi connectivity index (χ2n) is 6.00. The number of hydrogen-bond acceptors (Lipinski definition) is 5. The SMILES string of the molecule is COc1ccc(/C=C/C(=O)OCC(=O)N[C@H](C)c2ccc(F)cc2F)c(OC)c1. The molecule has 8 heteroatoms. The molecule has 1 atom stereocenters. The lowest BCUT2D eigenvalue weighted by Crippen LogP contribution is -2.31. The van der Waals surface area contributed by atoms with Crippen LogP contribution in [0.1, 0.15) is 24.1 Å². The maximum Gasteiger partial charge on any atom is 0.331 e. The van der Waals surface area contributed by atoms with E-state index < -0.39 is 36.2 Å². The molecule has 0 unspecified atom stereocenters. The Kier molecular flexibility index (Phi) is 7.70. The average molecular weight is 405 g/mol. The summed E-state index contributed by atoms with van der Waals surface area (Å²) in [4.78, 5) is 23.7. The topological polar surface area (TPSA) is 73.9 Å². The number of rotatable bonds is 8. The molecule has 0 heterocycles. The Bertz CT molecular complexity index is 914. The van der Waals surface area contributed by atoms with Crippen LogP contribution in [0.5, 0.6) is 11.5 Å². The van der Waals surface area contributed by atoms with Crippen LogP contribution in [0.2, 0.25) is 0 Å². The highest BCUT2D eigenvalue weighted by atomic mass is 19.1. The minimum atomic E-state index is -0.772. The highest BCUT2D eigenvalue weighted by Crippen LogP contribution is 2.25. The van der Waals surface area contributed by atoms with Crippen molar-refractivity contribution in [2.45, 2.75) is 13.0 Å². The average Bonchev–Trinajstić information content (AvgIpc) is 2.70. The minimum absolute atomic E-state index is 0.123. The molecule has 0 fully saturated rings. The van der Waals surface area contributed by atoms with Crippen LogP contribution >= 0.6 is 0 Å². The molecular weight excluding hydrogens is 384 g/mol. The molecule has 0 spiro atoms. The predicted octanol–water partition coefficient (Wildman–Crippen LogP) is 3.42. The van der Waals surface area contributed by atoms with Crippen molar-refractivity contribution >= 4 is 18.0 Å². The molecule has 6 nitrogen and oxygen atoms in total. The second-order valence-corrected chi connectivity index (χ2v) is 6.00. The molecule has 1 amide bonds. The van der Waals surface area contributed by atoms with E-state index in [1.54, 1.807) is 18.2 Å². The molecule has 29 heavy (non-hydrogen) atoms. The van der Waals surface area contributed by atoms with E-state index in [9.17, 15) is 18.4 Å². The number of nitrogens with one attached hydrogen (secondary N) is 1. The molecule has 1 N–H and O–H groups in total. The fourth-order valence-corrected chi connectivity index (χ4v) is 2.51. The first-order valence-electron chi connectivity index (χ1n) is 8.65. The number of hydrogen-bond donors (Lipinski definition) is 1. The Morgan fingerprint density at radius 1 is 1.10 bits per heavy atom. The summed E-state index contributed by atoms with van der Waals surface area (Å²) < 4.78 is 41.9. The van der Waals surface area contributed by atoms with Crippen molar-refractivity contribution in [2.75, 3.05) is 20.8 Å². The van der Waals surface area contributed by atoms with Crippen LogP contribution in [-0.4, -0.2) is 32.7 Å². The zero-order valence-corrected chi connectivity index (χ0v) is 16.2. The Hall–Kier alpha value is -3.42. The van der Waals surface area contributed by atoms with E-state index in [1.807, 2.05) is 0 Å². The molecule has 0 aromatic heterocycles. The van der Waals surface area contributed by atoms with Gasteiger partial charge in [-0.25, -0.2) is 13.6 Å². The van der Waals surface area contributed by atoms with Crippen LogP contribution in [0.15, 0.2) is 42.5 Å². The lowest BCUT2D eigenvalue weighted by molar-refractivity contribution is -0.144. The second kappa shape index (κ2) is 10.2. The number of carbonyl (C=O) groups is 2. The Morgan fingerprint density at radius 2 is 1.86 bits per heavy atom. The third-order valence-electron chi connectivity index (χ3n) is 3.99. The van der Waals surface area contributed by atoms with Gasteiger partial charge in [0.25, 0.3) is 5.91 Å². The monoisotopic (exact) mass is 405 g/mol. The van der Waals surface area contributed by atoms with Gasteiger partial charge in [0, 0.05) is 29.3 Å². The van der Waals surface area contributed by atoms with Crippen LogP contribution in [0.3, 0.4) is 0 Å². The highest BCUT2D eigenvalue weighted by molar-refractivity contribution is 5.89. The fraction of sp³-hybridized carbons (Fsp3) is 0.238. The first-order valence-corrected chi connectivity index (χ1v) is 8.65. The number of esters is 1. The van der Waals surface area contributed by atoms with E-state index in [4.69, 9.17) is 14.2 Å². The molecular formula is C21H21F2NO5. The van der Waals surface area contributed by atoms with Gasteiger partial charge in [-0.3, -0.25) is 4.79 Å². The summed E-state index contributed by atoms with van der Waals surface area (Å²) in [5, 5.41) is 2.48. The summed E-state index contributed by atoms with van der Waals surface area (Å²) in [6, 6.07) is 7.42. The highest BCUT2D eigenvalue weighted by Gasteiger charge is 2.15. The molecule has 2 rings (SSSR count). The number of benzene rings is 2. The lowest BCUT2D eigenvalue weighted by Gasteiger charge is -2.15. The largest absolute Gasteiger partial charge is 0.497 e. The standard InChI is InChI=1S/C21H21F2NO5/c1-13(17-8-6-15(22)10-18(17)23)24-20(25)12-29-21(26)9-5-14-4-7-16(27-2)11-19(14)28-3/h4-11,13H,12H2,1-3H3,(H,24,25)/b9-5+/t13-/m1/s1. The van der Waals surface area contributed by atoms with Gasteiger partial charge in [0.05, 0.1) is 20.3 Å².